The molecule has 2 rings (SSSR count). The average molecular weight is 231 g/mol. The summed E-state index contributed by atoms with van der Waals surface area (Å²) in [6.07, 6.45) is 0. The van der Waals surface area contributed by atoms with E-state index in [1.807, 2.05) is 44.2 Å². The number of carbonyl (C=O) groups is 1. The summed E-state index contributed by atoms with van der Waals surface area (Å²) in [4.78, 5) is 15.3. The molecule has 2 amide bonds. The van der Waals surface area contributed by atoms with Crippen molar-refractivity contribution in [2.45, 2.75) is 19.9 Å². The molecule has 1 aromatic rings. The first-order valence-electron chi connectivity index (χ1n) is 5.74. The zero-order valence-corrected chi connectivity index (χ0v) is 10.3. The number of likely N-dealkylation sites (N-methyl/N-ethyl adjacent to an activating group) is 1. The zero-order chi connectivity index (χ0) is 12.6. The van der Waals surface area contributed by atoms with Gasteiger partial charge in [0.2, 0.25) is 0 Å². The Morgan fingerprint density at radius 2 is 1.82 bits per heavy atom. The zero-order valence-electron chi connectivity index (χ0n) is 10.3. The number of amidine groups is 1. The van der Waals surface area contributed by atoms with E-state index in [0.717, 1.165) is 5.69 Å². The second-order valence-electron chi connectivity index (χ2n) is 4.62. The van der Waals surface area contributed by atoms with Gasteiger partial charge in [0.25, 0.3) is 0 Å². The van der Waals surface area contributed by atoms with Crippen molar-refractivity contribution in [3.05, 3.63) is 30.3 Å². The van der Waals surface area contributed by atoms with Crippen molar-refractivity contribution in [2.24, 2.45) is 5.92 Å². The first kappa shape index (κ1) is 11.6. The van der Waals surface area contributed by atoms with E-state index in [2.05, 4.69) is 0 Å². The summed E-state index contributed by atoms with van der Waals surface area (Å²) < 4.78 is 0. The van der Waals surface area contributed by atoms with Gasteiger partial charge < -0.3 is 0 Å². The summed E-state index contributed by atoms with van der Waals surface area (Å²) in [5.74, 6) is 0.588. The molecule has 1 aliphatic rings. The fourth-order valence-electron chi connectivity index (χ4n) is 2.18. The van der Waals surface area contributed by atoms with Gasteiger partial charge in [0.1, 0.15) is 5.84 Å². The highest BCUT2D eigenvalue weighted by Gasteiger charge is 2.42. The number of para-hydroxylation sites is 1. The summed E-state index contributed by atoms with van der Waals surface area (Å²) in [6.45, 7) is 4.06. The number of benzene rings is 1. The van der Waals surface area contributed by atoms with Gasteiger partial charge in [0.05, 0.1) is 6.04 Å². The number of nitrogens with zero attached hydrogens (tertiary/aromatic N) is 2. The van der Waals surface area contributed by atoms with Crippen LogP contribution in [0.2, 0.25) is 0 Å². The molecule has 1 saturated heterocycles. The fourth-order valence-corrected chi connectivity index (χ4v) is 2.18. The van der Waals surface area contributed by atoms with Gasteiger partial charge in [-0.05, 0) is 18.1 Å². The van der Waals surface area contributed by atoms with Crippen molar-refractivity contribution in [3.8, 4) is 0 Å². The number of hydrogen-bond acceptors (Lipinski definition) is 2. The molecule has 0 aliphatic carbocycles. The van der Waals surface area contributed by atoms with Crippen molar-refractivity contribution in [1.29, 1.82) is 5.41 Å². The normalized spacial score (nSPS) is 20.6. The van der Waals surface area contributed by atoms with Crippen LogP contribution >= 0.6 is 0 Å². The maximum atomic E-state index is 12.1. The maximum absolute atomic E-state index is 12.1. The lowest BCUT2D eigenvalue weighted by Gasteiger charge is -2.25. The van der Waals surface area contributed by atoms with Crippen LogP contribution in [0.4, 0.5) is 10.5 Å². The molecule has 0 aromatic heterocycles. The summed E-state index contributed by atoms with van der Waals surface area (Å²) in [7, 11) is 1.66. The van der Waals surface area contributed by atoms with Crippen molar-refractivity contribution in [1.82, 2.24) is 4.90 Å². The summed E-state index contributed by atoms with van der Waals surface area (Å²) in [6, 6.07) is 9.24. The molecule has 1 fully saturated rings. The standard InChI is InChI=1S/C13H17N3O/c1-9(2)11-12(14)15(3)13(17)16(11)10-7-5-4-6-8-10/h4-9,11,14H,1-3H3/t11-/m1/s1. The van der Waals surface area contributed by atoms with E-state index in [9.17, 15) is 4.79 Å². The van der Waals surface area contributed by atoms with E-state index in [-0.39, 0.29) is 18.0 Å². The molecule has 17 heavy (non-hydrogen) atoms. The third-order valence-corrected chi connectivity index (χ3v) is 3.08. The van der Waals surface area contributed by atoms with Gasteiger partial charge in [0.15, 0.2) is 0 Å². The number of nitrogens with one attached hydrogen (secondary N) is 1. The van der Waals surface area contributed by atoms with E-state index < -0.39 is 0 Å². The second kappa shape index (κ2) is 4.20. The Kier molecular flexibility index (Phi) is 2.88. The SMILES string of the molecule is CC(C)[C@@H]1C(=N)N(C)C(=O)N1c1ccccc1. The molecule has 4 nitrogen and oxygen atoms in total. The van der Waals surface area contributed by atoms with Crippen molar-refractivity contribution in [3.63, 3.8) is 0 Å². The molecule has 1 heterocycles. The van der Waals surface area contributed by atoms with Crippen LogP contribution in [0, 0.1) is 11.3 Å². The van der Waals surface area contributed by atoms with E-state index in [1.165, 1.54) is 4.90 Å². The Bertz CT molecular complexity index is 441. The summed E-state index contributed by atoms with van der Waals surface area (Å²) in [5.41, 5.74) is 0.852. The molecule has 0 bridgehead atoms. The van der Waals surface area contributed by atoms with Crippen LogP contribution in [0.25, 0.3) is 0 Å². The molecule has 0 radical (unpaired) electrons. The Morgan fingerprint density at radius 3 is 2.35 bits per heavy atom. The topological polar surface area (TPSA) is 47.4 Å². The molecule has 4 heteroatoms. The summed E-state index contributed by atoms with van der Waals surface area (Å²) >= 11 is 0. The minimum absolute atomic E-state index is 0.125. The molecule has 1 atom stereocenters. The first-order chi connectivity index (χ1) is 8.04. The van der Waals surface area contributed by atoms with Crippen molar-refractivity contribution in [2.75, 3.05) is 11.9 Å². The minimum Gasteiger partial charge on any atom is -0.286 e. The summed E-state index contributed by atoms with van der Waals surface area (Å²) in [5, 5.41) is 8.02. The number of rotatable bonds is 2. The van der Waals surface area contributed by atoms with E-state index in [0.29, 0.717) is 5.84 Å². The van der Waals surface area contributed by atoms with Crippen LogP contribution in [0.1, 0.15) is 13.8 Å². The highest BCUT2D eigenvalue weighted by molar-refractivity contribution is 6.15. The van der Waals surface area contributed by atoms with E-state index >= 15 is 0 Å². The molecule has 1 aromatic carbocycles. The van der Waals surface area contributed by atoms with Crippen LogP contribution in [0.15, 0.2) is 30.3 Å². The van der Waals surface area contributed by atoms with Crippen LogP contribution in [-0.4, -0.2) is 29.9 Å². The Labute approximate surface area is 101 Å². The van der Waals surface area contributed by atoms with Gasteiger partial charge in [-0.3, -0.25) is 15.2 Å². The third-order valence-electron chi connectivity index (χ3n) is 3.08. The first-order valence-corrected chi connectivity index (χ1v) is 5.74. The lowest BCUT2D eigenvalue weighted by molar-refractivity contribution is 0.237. The maximum Gasteiger partial charge on any atom is 0.330 e. The third kappa shape index (κ3) is 1.79. The molecular weight excluding hydrogens is 214 g/mol. The molecule has 0 spiro atoms. The van der Waals surface area contributed by atoms with E-state index in [4.69, 9.17) is 5.41 Å². The van der Waals surface area contributed by atoms with Crippen molar-refractivity contribution < 1.29 is 4.79 Å². The molecule has 0 saturated carbocycles. The van der Waals surface area contributed by atoms with Crippen LogP contribution in [0.5, 0.6) is 0 Å². The van der Waals surface area contributed by atoms with E-state index in [1.54, 1.807) is 11.9 Å². The van der Waals surface area contributed by atoms with Crippen LogP contribution in [0.3, 0.4) is 0 Å². The fraction of sp³-hybridized carbons (Fsp3) is 0.385. The smallest absolute Gasteiger partial charge is 0.286 e. The highest BCUT2D eigenvalue weighted by Crippen LogP contribution is 2.28. The molecule has 0 unspecified atom stereocenters. The van der Waals surface area contributed by atoms with Gasteiger partial charge >= 0.3 is 6.03 Å². The average Bonchev–Trinajstić information content (AvgIpc) is 2.55. The van der Waals surface area contributed by atoms with Gasteiger partial charge in [-0.1, -0.05) is 32.0 Å². The quantitative estimate of drug-likeness (QED) is 0.835. The molecule has 1 aliphatic heterocycles. The lowest BCUT2D eigenvalue weighted by atomic mass is 10.0. The minimum atomic E-state index is -0.171. The van der Waals surface area contributed by atoms with Gasteiger partial charge in [-0.25, -0.2) is 4.79 Å². The number of urea groups is 1. The van der Waals surface area contributed by atoms with Gasteiger partial charge in [-0.2, -0.15) is 0 Å². The second-order valence-corrected chi connectivity index (χ2v) is 4.62. The number of carbonyl (C=O) groups excluding carboxylic acids is 1. The van der Waals surface area contributed by atoms with Gasteiger partial charge in [-0.15, -0.1) is 0 Å². The largest absolute Gasteiger partial charge is 0.330 e. The number of anilines is 1. The van der Waals surface area contributed by atoms with Crippen LogP contribution < -0.4 is 4.90 Å². The number of amides is 2. The predicted octanol–water partition coefficient (Wildman–Crippen LogP) is 2.56. The number of hydrogen-bond donors (Lipinski definition) is 1. The van der Waals surface area contributed by atoms with Crippen LogP contribution in [-0.2, 0) is 0 Å². The monoisotopic (exact) mass is 231 g/mol. The Balaban J connectivity index is 2.44. The molecule has 90 valence electrons. The molecule has 1 N–H and O–H groups in total. The van der Waals surface area contributed by atoms with Gasteiger partial charge in [0, 0.05) is 12.7 Å². The highest BCUT2D eigenvalue weighted by atomic mass is 16.2. The molecular formula is C13H17N3O. The Morgan fingerprint density at radius 1 is 1.24 bits per heavy atom. The predicted molar refractivity (Wildman–Crippen MR) is 68.4 cm³/mol. The lowest BCUT2D eigenvalue weighted by Crippen LogP contribution is -2.38. The Hall–Kier alpha value is -1.84. The van der Waals surface area contributed by atoms with Crippen molar-refractivity contribution >= 4 is 17.6 Å².